The Balaban J connectivity index is 0.000000161. The summed E-state index contributed by atoms with van der Waals surface area (Å²) in [7, 11) is 0. The molecule has 0 N–H and O–H groups in total. The molecule has 0 heteroatoms. The van der Waals surface area contributed by atoms with E-state index in [9.17, 15) is 0 Å². The highest BCUT2D eigenvalue weighted by Gasteiger charge is 2.14. The van der Waals surface area contributed by atoms with Crippen LogP contribution in [0.4, 0.5) is 0 Å². The minimum atomic E-state index is 0.979. The summed E-state index contributed by atoms with van der Waals surface area (Å²) in [6, 6.07) is 17.4. The molecule has 3 rings (SSSR count). The van der Waals surface area contributed by atoms with E-state index in [4.69, 9.17) is 0 Å². The second-order valence-corrected chi connectivity index (χ2v) is 6.43. The summed E-state index contributed by atoms with van der Waals surface area (Å²) in [6.07, 6.45) is 7.12. The molecule has 0 amide bonds. The van der Waals surface area contributed by atoms with E-state index >= 15 is 0 Å². The van der Waals surface area contributed by atoms with E-state index in [0.717, 1.165) is 5.92 Å². The van der Waals surface area contributed by atoms with Gasteiger partial charge in [-0.2, -0.15) is 0 Å². The molecule has 0 atom stereocenters. The molecule has 0 aliphatic heterocycles. The SMILES string of the molecule is Cc1ccc(C)c(C)c1.c1ccc(CC2CCCC2)cc1. The summed E-state index contributed by atoms with van der Waals surface area (Å²) in [4.78, 5) is 0. The lowest BCUT2D eigenvalue weighted by molar-refractivity contribution is 0.546. The zero-order valence-electron chi connectivity index (χ0n) is 13.7. The zero-order chi connectivity index (χ0) is 15.1. The van der Waals surface area contributed by atoms with Gasteiger partial charge in [0.05, 0.1) is 0 Å². The van der Waals surface area contributed by atoms with Crippen molar-refractivity contribution in [1.82, 2.24) is 0 Å². The molecule has 1 fully saturated rings. The lowest BCUT2D eigenvalue weighted by Crippen LogP contribution is -1.97. The van der Waals surface area contributed by atoms with Gasteiger partial charge in [0.1, 0.15) is 0 Å². The minimum Gasteiger partial charge on any atom is -0.0622 e. The van der Waals surface area contributed by atoms with E-state index in [0.29, 0.717) is 0 Å². The predicted octanol–water partition coefficient (Wildman–Crippen LogP) is 6.03. The molecule has 0 unspecified atom stereocenters. The highest BCUT2D eigenvalue weighted by molar-refractivity contribution is 5.28. The Labute approximate surface area is 130 Å². The van der Waals surface area contributed by atoms with Crippen molar-refractivity contribution in [3.8, 4) is 0 Å². The number of benzene rings is 2. The second kappa shape index (κ2) is 8.02. The number of aryl methyl sites for hydroxylation is 3. The van der Waals surface area contributed by atoms with Gasteiger partial charge < -0.3 is 0 Å². The number of rotatable bonds is 2. The Morgan fingerprint density at radius 3 is 2.05 bits per heavy atom. The van der Waals surface area contributed by atoms with Crippen molar-refractivity contribution in [2.75, 3.05) is 0 Å². The first-order chi connectivity index (χ1) is 10.1. The Kier molecular flexibility index (Phi) is 6.04. The fourth-order valence-corrected chi connectivity index (χ4v) is 3.05. The molecule has 0 heterocycles. The van der Waals surface area contributed by atoms with Crippen LogP contribution in [0.3, 0.4) is 0 Å². The van der Waals surface area contributed by atoms with Crippen LogP contribution in [0.1, 0.15) is 47.9 Å². The standard InChI is InChI=1S/C12H16.C9H12/c1-2-6-11(7-3-1)10-12-8-4-5-9-12;1-7-4-5-8(2)9(3)6-7/h1-3,6-7,12H,4-5,8-10H2;4-6H,1-3H3. The minimum absolute atomic E-state index is 0.979. The second-order valence-electron chi connectivity index (χ2n) is 6.43. The molecule has 0 nitrogen and oxygen atoms in total. The molecule has 1 aliphatic carbocycles. The van der Waals surface area contributed by atoms with Gasteiger partial charge in [-0.3, -0.25) is 0 Å². The molecule has 21 heavy (non-hydrogen) atoms. The third-order valence-electron chi connectivity index (χ3n) is 4.50. The van der Waals surface area contributed by atoms with Crippen molar-refractivity contribution in [2.24, 2.45) is 5.92 Å². The Morgan fingerprint density at radius 2 is 1.48 bits per heavy atom. The summed E-state index contributed by atoms with van der Waals surface area (Å²) >= 11 is 0. The van der Waals surface area contributed by atoms with Crippen LogP contribution in [-0.4, -0.2) is 0 Å². The molecule has 0 saturated heterocycles. The van der Waals surface area contributed by atoms with Crippen molar-refractivity contribution in [3.63, 3.8) is 0 Å². The van der Waals surface area contributed by atoms with Crippen molar-refractivity contribution in [3.05, 3.63) is 70.8 Å². The predicted molar refractivity (Wildman–Crippen MR) is 92.8 cm³/mol. The first-order valence-corrected chi connectivity index (χ1v) is 8.23. The van der Waals surface area contributed by atoms with Gasteiger partial charge in [-0.25, -0.2) is 0 Å². The lowest BCUT2D eigenvalue weighted by Gasteiger charge is -2.07. The molecule has 2 aromatic rings. The molecule has 1 aliphatic rings. The first-order valence-electron chi connectivity index (χ1n) is 8.23. The molecule has 1 saturated carbocycles. The summed E-state index contributed by atoms with van der Waals surface area (Å²) in [6.45, 7) is 6.39. The maximum atomic E-state index is 2.25. The van der Waals surface area contributed by atoms with E-state index in [1.165, 1.54) is 54.4 Å². The molecule has 0 bridgehead atoms. The fourth-order valence-electron chi connectivity index (χ4n) is 3.05. The quantitative estimate of drug-likeness (QED) is 0.630. The lowest BCUT2D eigenvalue weighted by atomic mass is 9.98. The summed E-state index contributed by atoms with van der Waals surface area (Å²) < 4.78 is 0. The average Bonchev–Trinajstić information content (AvgIpc) is 2.98. The maximum absolute atomic E-state index is 2.25. The molecular weight excluding hydrogens is 252 g/mol. The summed E-state index contributed by atoms with van der Waals surface area (Å²) in [5, 5.41) is 0. The summed E-state index contributed by atoms with van der Waals surface area (Å²) in [5.74, 6) is 0.979. The van der Waals surface area contributed by atoms with Crippen LogP contribution in [-0.2, 0) is 6.42 Å². The van der Waals surface area contributed by atoms with Crippen LogP contribution in [0, 0.1) is 26.7 Å². The van der Waals surface area contributed by atoms with Crippen molar-refractivity contribution >= 4 is 0 Å². The van der Waals surface area contributed by atoms with E-state index in [1.807, 2.05) is 0 Å². The zero-order valence-corrected chi connectivity index (χ0v) is 13.7. The Hall–Kier alpha value is -1.56. The van der Waals surface area contributed by atoms with Gasteiger partial charge in [-0.1, -0.05) is 79.8 Å². The van der Waals surface area contributed by atoms with E-state index in [1.54, 1.807) is 0 Å². The van der Waals surface area contributed by atoms with Gasteiger partial charge in [0.2, 0.25) is 0 Å². The molecule has 0 aromatic heterocycles. The van der Waals surface area contributed by atoms with Gasteiger partial charge in [-0.15, -0.1) is 0 Å². The van der Waals surface area contributed by atoms with Crippen molar-refractivity contribution in [1.29, 1.82) is 0 Å². The normalized spacial score (nSPS) is 14.6. The largest absolute Gasteiger partial charge is 0.0622 e. The highest BCUT2D eigenvalue weighted by Crippen LogP contribution is 2.27. The Bertz CT molecular complexity index is 533. The van der Waals surface area contributed by atoms with Gasteiger partial charge in [0.15, 0.2) is 0 Å². The maximum Gasteiger partial charge on any atom is -0.0250 e. The molecule has 0 radical (unpaired) electrons. The third kappa shape index (κ3) is 5.38. The topological polar surface area (TPSA) is 0 Å². The van der Waals surface area contributed by atoms with Gasteiger partial charge in [-0.05, 0) is 49.8 Å². The van der Waals surface area contributed by atoms with E-state index < -0.39 is 0 Å². The van der Waals surface area contributed by atoms with Gasteiger partial charge in [0.25, 0.3) is 0 Å². The average molecular weight is 280 g/mol. The smallest absolute Gasteiger partial charge is 0.0250 e. The van der Waals surface area contributed by atoms with Crippen molar-refractivity contribution < 1.29 is 0 Å². The Morgan fingerprint density at radius 1 is 0.810 bits per heavy atom. The number of hydrogen-bond acceptors (Lipinski definition) is 0. The molecular formula is C21H28. The van der Waals surface area contributed by atoms with Gasteiger partial charge >= 0.3 is 0 Å². The molecule has 0 spiro atoms. The van der Waals surface area contributed by atoms with Crippen LogP contribution in [0.2, 0.25) is 0 Å². The van der Waals surface area contributed by atoms with E-state index in [-0.39, 0.29) is 0 Å². The van der Waals surface area contributed by atoms with Crippen LogP contribution >= 0.6 is 0 Å². The highest BCUT2D eigenvalue weighted by atomic mass is 14.2. The van der Waals surface area contributed by atoms with Crippen LogP contribution in [0.25, 0.3) is 0 Å². The van der Waals surface area contributed by atoms with Crippen molar-refractivity contribution in [2.45, 2.75) is 52.9 Å². The summed E-state index contributed by atoms with van der Waals surface area (Å²) in [5.41, 5.74) is 5.62. The van der Waals surface area contributed by atoms with Crippen LogP contribution in [0.5, 0.6) is 0 Å². The first kappa shape index (κ1) is 15.8. The molecule has 2 aromatic carbocycles. The monoisotopic (exact) mass is 280 g/mol. The van der Waals surface area contributed by atoms with Crippen LogP contribution in [0.15, 0.2) is 48.5 Å². The molecule has 112 valence electrons. The van der Waals surface area contributed by atoms with Crippen LogP contribution < -0.4 is 0 Å². The third-order valence-corrected chi connectivity index (χ3v) is 4.50. The fraction of sp³-hybridized carbons (Fsp3) is 0.429. The number of hydrogen-bond donors (Lipinski definition) is 0. The van der Waals surface area contributed by atoms with E-state index in [2.05, 4.69) is 69.3 Å². The van der Waals surface area contributed by atoms with Gasteiger partial charge in [0, 0.05) is 0 Å².